The second-order valence-corrected chi connectivity index (χ2v) is 5.51. The number of carbonyl (C=O) groups is 1. The van der Waals surface area contributed by atoms with Crippen molar-refractivity contribution in [3.63, 3.8) is 0 Å². The minimum absolute atomic E-state index is 0.0993. The molecule has 1 aliphatic heterocycles. The number of amides is 1. The minimum atomic E-state index is -0.213. The number of carbonyl (C=O) groups excluding carboxylic acids is 1. The van der Waals surface area contributed by atoms with Gasteiger partial charge in [-0.1, -0.05) is 45.0 Å². The summed E-state index contributed by atoms with van der Waals surface area (Å²) in [5.41, 5.74) is 2.00. The standard InChI is InChI=1S/C16H21NO/c1-5-11-17-13-10-8-7-9-12(13)14(15(17)18)16(3,4)6-2/h6-10,14H,2,5,11H2,1,3-4H3. The lowest BCUT2D eigenvalue weighted by Gasteiger charge is -2.27. The van der Waals surface area contributed by atoms with Crippen LogP contribution in [0.1, 0.15) is 38.7 Å². The highest BCUT2D eigenvalue weighted by Crippen LogP contribution is 2.47. The molecular weight excluding hydrogens is 222 g/mol. The van der Waals surface area contributed by atoms with Gasteiger partial charge in [0.2, 0.25) is 5.91 Å². The van der Waals surface area contributed by atoms with E-state index in [9.17, 15) is 4.79 Å². The fourth-order valence-corrected chi connectivity index (χ4v) is 2.68. The minimum Gasteiger partial charge on any atom is -0.312 e. The number of benzene rings is 1. The molecule has 2 nitrogen and oxygen atoms in total. The van der Waals surface area contributed by atoms with Gasteiger partial charge in [-0.05, 0) is 23.5 Å². The molecule has 1 aromatic rings. The molecule has 1 unspecified atom stereocenters. The number of rotatable bonds is 4. The molecule has 1 aliphatic rings. The fraction of sp³-hybridized carbons (Fsp3) is 0.438. The summed E-state index contributed by atoms with van der Waals surface area (Å²) in [4.78, 5) is 14.6. The summed E-state index contributed by atoms with van der Waals surface area (Å²) in [6.45, 7) is 10.9. The molecule has 0 saturated carbocycles. The molecule has 0 bridgehead atoms. The van der Waals surface area contributed by atoms with Crippen LogP contribution in [0.2, 0.25) is 0 Å². The van der Waals surface area contributed by atoms with Crippen LogP contribution in [0.5, 0.6) is 0 Å². The Bertz CT molecular complexity index is 476. The molecule has 1 aromatic carbocycles. The zero-order valence-electron chi connectivity index (χ0n) is 11.4. The highest BCUT2D eigenvalue weighted by Gasteiger charge is 2.43. The van der Waals surface area contributed by atoms with Crippen molar-refractivity contribution in [3.05, 3.63) is 42.5 Å². The van der Waals surface area contributed by atoms with Gasteiger partial charge in [0.15, 0.2) is 0 Å². The van der Waals surface area contributed by atoms with Gasteiger partial charge in [0, 0.05) is 12.2 Å². The van der Waals surface area contributed by atoms with Gasteiger partial charge in [0.1, 0.15) is 0 Å². The molecule has 0 spiro atoms. The molecule has 0 aromatic heterocycles. The summed E-state index contributed by atoms with van der Waals surface area (Å²) in [6.07, 6.45) is 2.86. The molecule has 0 aliphatic carbocycles. The predicted molar refractivity (Wildman–Crippen MR) is 75.8 cm³/mol. The second-order valence-electron chi connectivity index (χ2n) is 5.51. The van der Waals surface area contributed by atoms with E-state index in [4.69, 9.17) is 0 Å². The first kappa shape index (κ1) is 12.9. The summed E-state index contributed by atoms with van der Waals surface area (Å²) in [6, 6.07) is 8.12. The highest BCUT2D eigenvalue weighted by atomic mass is 16.2. The average Bonchev–Trinajstić information content (AvgIpc) is 2.64. The number of anilines is 1. The lowest BCUT2D eigenvalue weighted by atomic mass is 9.76. The van der Waals surface area contributed by atoms with E-state index in [1.165, 1.54) is 0 Å². The van der Waals surface area contributed by atoms with Crippen LogP contribution >= 0.6 is 0 Å². The summed E-state index contributed by atoms with van der Waals surface area (Å²) in [5.74, 6) is 0.112. The van der Waals surface area contributed by atoms with Crippen molar-refractivity contribution in [1.82, 2.24) is 0 Å². The van der Waals surface area contributed by atoms with Gasteiger partial charge < -0.3 is 4.90 Å². The average molecular weight is 243 g/mol. The van der Waals surface area contributed by atoms with Crippen molar-refractivity contribution in [3.8, 4) is 0 Å². The SMILES string of the molecule is C=CC(C)(C)C1C(=O)N(CCC)c2ccccc21. The van der Waals surface area contributed by atoms with Crippen LogP contribution in [0.3, 0.4) is 0 Å². The van der Waals surface area contributed by atoms with Gasteiger partial charge >= 0.3 is 0 Å². The quantitative estimate of drug-likeness (QED) is 0.738. The number of para-hydroxylation sites is 1. The summed E-state index contributed by atoms with van der Waals surface area (Å²) in [5, 5.41) is 0. The van der Waals surface area contributed by atoms with Crippen molar-refractivity contribution in [2.75, 3.05) is 11.4 Å². The van der Waals surface area contributed by atoms with Crippen molar-refractivity contribution in [2.24, 2.45) is 5.41 Å². The summed E-state index contributed by atoms with van der Waals surface area (Å²) in [7, 11) is 0. The van der Waals surface area contributed by atoms with Gasteiger partial charge in [-0.25, -0.2) is 0 Å². The van der Waals surface area contributed by atoms with E-state index in [0.717, 1.165) is 24.2 Å². The number of nitrogens with zero attached hydrogens (tertiary/aromatic N) is 1. The maximum atomic E-state index is 12.6. The third kappa shape index (κ3) is 1.86. The van der Waals surface area contributed by atoms with Gasteiger partial charge in [-0.3, -0.25) is 4.79 Å². The van der Waals surface area contributed by atoms with E-state index in [0.29, 0.717) is 0 Å². The Morgan fingerprint density at radius 2 is 2.06 bits per heavy atom. The molecule has 1 heterocycles. The number of hydrogen-bond donors (Lipinski definition) is 0. The van der Waals surface area contributed by atoms with E-state index in [-0.39, 0.29) is 17.2 Å². The monoisotopic (exact) mass is 243 g/mol. The van der Waals surface area contributed by atoms with E-state index < -0.39 is 0 Å². The molecule has 0 radical (unpaired) electrons. The Morgan fingerprint density at radius 3 is 2.67 bits per heavy atom. The van der Waals surface area contributed by atoms with Crippen LogP contribution in [0.25, 0.3) is 0 Å². The molecule has 2 rings (SSSR count). The molecule has 18 heavy (non-hydrogen) atoms. The third-order valence-corrected chi connectivity index (χ3v) is 3.77. The highest BCUT2D eigenvalue weighted by molar-refractivity contribution is 6.05. The number of fused-ring (bicyclic) bond motifs is 1. The van der Waals surface area contributed by atoms with Crippen LogP contribution in [-0.4, -0.2) is 12.5 Å². The number of allylic oxidation sites excluding steroid dienone is 1. The van der Waals surface area contributed by atoms with Crippen molar-refractivity contribution >= 4 is 11.6 Å². The van der Waals surface area contributed by atoms with Gasteiger partial charge in [-0.15, -0.1) is 6.58 Å². The van der Waals surface area contributed by atoms with E-state index in [1.54, 1.807) is 0 Å². The van der Waals surface area contributed by atoms with Crippen LogP contribution in [0.15, 0.2) is 36.9 Å². The largest absolute Gasteiger partial charge is 0.312 e. The Hall–Kier alpha value is -1.57. The first-order valence-corrected chi connectivity index (χ1v) is 6.56. The summed E-state index contributed by atoms with van der Waals surface area (Å²) < 4.78 is 0. The van der Waals surface area contributed by atoms with Crippen LogP contribution < -0.4 is 4.90 Å². The number of hydrogen-bond acceptors (Lipinski definition) is 1. The molecule has 96 valence electrons. The second kappa shape index (κ2) is 4.60. The molecular formula is C16H21NO. The van der Waals surface area contributed by atoms with Crippen molar-refractivity contribution in [2.45, 2.75) is 33.1 Å². The molecule has 0 fully saturated rings. The van der Waals surface area contributed by atoms with Gasteiger partial charge in [-0.2, -0.15) is 0 Å². The maximum Gasteiger partial charge on any atom is 0.235 e. The van der Waals surface area contributed by atoms with Crippen LogP contribution in [-0.2, 0) is 4.79 Å². The Balaban J connectivity index is 2.51. The molecule has 0 saturated heterocycles. The van der Waals surface area contributed by atoms with Crippen molar-refractivity contribution < 1.29 is 4.79 Å². The Morgan fingerprint density at radius 1 is 1.39 bits per heavy atom. The normalized spacial score (nSPS) is 18.9. The van der Waals surface area contributed by atoms with Crippen LogP contribution in [0, 0.1) is 5.41 Å². The lowest BCUT2D eigenvalue weighted by molar-refractivity contribution is -0.121. The Labute approximate surface area is 109 Å². The van der Waals surface area contributed by atoms with E-state index in [1.807, 2.05) is 29.2 Å². The molecule has 1 amide bonds. The zero-order chi connectivity index (χ0) is 13.3. The van der Waals surface area contributed by atoms with Gasteiger partial charge in [0.05, 0.1) is 5.92 Å². The van der Waals surface area contributed by atoms with Crippen LogP contribution in [0.4, 0.5) is 5.69 Å². The fourth-order valence-electron chi connectivity index (χ4n) is 2.68. The van der Waals surface area contributed by atoms with E-state index >= 15 is 0 Å². The maximum absolute atomic E-state index is 12.6. The van der Waals surface area contributed by atoms with Gasteiger partial charge in [0.25, 0.3) is 0 Å². The smallest absolute Gasteiger partial charge is 0.235 e. The Kier molecular flexibility index (Phi) is 3.29. The van der Waals surface area contributed by atoms with Crippen molar-refractivity contribution in [1.29, 1.82) is 0 Å². The molecule has 2 heteroatoms. The summed E-state index contributed by atoms with van der Waals surface area (Å²) >= 11 is 0. The molecule has 0 N–H and O–H groups in total. The zero-order valence-corrected chi connectivity index (χ0v) is 11.4. The lowest BCUT2D eigenvalue weighted by Crippen LogP contribution is -2.34. The molecule has 1 atom stereocenters. The first-order chi connectivity index (χ1) is 8.53. The first-order valence-electron chi connectivity index (χ1n) is 6.56. The third-order valence-electron chi connectivity index (χ3n) is 3.77. The predicted octanol–water partition coefficient (Wildman–Crippen LogP) is 3.74. The van der Waals surface area contributed by atoms with E-state index in [2.05, 4.69) is 33.4 Å². The topological polar surface area (TPSA) is 20.3 Å².